The van der Waals surface area contributed by atoms with E-state index in [2.05, 4.69) is 41.4 Å². The number of nitrogens with zero attached hydrogens (tertiary/aromatic N) is 3. The highest BCUT2D eigenvalue weighted by Gasteiger charge is 2.35. The summed E-state index contributed by atoms with van der Waals surface area (Å²) in [6.45, 7) is 1.33. The van der Waals surface area contributed by atoms with E-state index >= 15 is 0 Å². The fourth-order valence-electron chi connectivity index (χ4n) is 4.15. The Bertz CT molecular complexity index is 1180. The van der Waals surface area contributed by atoms with Crippen LogP contribution in [-0.2, 0) is 16.6 Å². The zero-order valence-electron chi connectivity index (χ0n) is 15.5. The van der Waals surface area contributed by atoms with Crippen LogP contribution < -0.4 is 4.31 Å². The molecule has 0 saturated heterocycles. The lowest BCUT2D eigenvalue weighted by atomic mass is 9.95. The molecule has 2 aromatic carbocycles. The molecule has 0 fully saturated rings. The van der Waals surface area contributed by atoms with Gasteiger partial charge in [0.05, 0.1) is 0 Å². The van der Waals surface area contributed by atoms with Gasteiger partial charge in [-0.1, -0.05) is 54.6 Å². The van der Waals surface area contributed by atoms with Crippen LogP contribution in [-0.4, -0.2) is 37.3 Å². The first kappa shape index (κ1) is 17.4. The number of hydrogen-bond acceptors (Lipinski definition) is 3. The number of rotatable bonds is 3. The van der Waals surface area contributed by atoms with E-state index in [0.717, 1.165) is 5.56 Å². The first-order valence-corrected chi connectivity index (χ1v) is 10.9. The molecule has 5 rings (SSSR count). The average Bonchev–Trinajstić information content (AvgIpc) is 3.18. The van der Waals surface area contributed by atoms with Crippen LogP contribution >= 0.6 is 0 Å². The van der Waals surface area contributed by atoms with Crippen molar-refractivity contribution in [1.82, 2.24) is 9.29 Å². The highest BCUT2D eigenvalue weighted by atomic mass is 32.2. The van der Waals surface area contributed by atoms with Gasteiger partial charge in [0.2, 0.25) is 0 Å². The largest absolute Gasteiger partial charge is 0.305 e. The van der Waals surface area contributed by atoms with E-state index in [1.165, 1.54) is 26.2 Å². The second kappa shape index (κ2) is 6.72. The van der Waals surface area contributed by atoms with Crippen molar-refractivity contribution in [1.29, 1.82) is 0 Å². The summed E-state index contributed by atoms with van der Waals surface area (Å²) in [4.78, 5) is 4.30. The van der Waals surface area contributed by atoms with Crippen molar-refractivity contribution in [2.75, 3.05) is 23.9 Å². The number of aromatic nitrogens is 1. The number of pyridine rings is 1. The summed E-state index contributed by atoms with van der Waals surface area (Å²) < 4.78 is 29.4. The van der Waals surface area contributed by atoms with Gasteiger partial charge in [-0.3, -0.25) is 0 Å². The van der Waals surface area contributed by atoms with Crippen LogP contribution in [0.2, 0.25) is 0 Å². The van der Waals surface area contributed by atoms with Crippen molar-refractivity contribution in [3.8, 4) is 0 Å². The molecule has 6 heteroatoms. The fourth-order valence-corrected chi connectivity index (χ4v) is 5.72. The number of hydrogen-bond donors (Lipinski definition) is 0. The lowest BCUT2D eigenvalue weighted by Crippen LogP contribution is -2.45. The SMILES string of the molecule is O=S(=O)(N1CC=C(c2cccc3ccccc23)CC1)N1CCc2cccnc21. The maximum atomic E-state index is 13.2. The van der Waals surface area contributed by atoms with Gasteiger partial charge in [0.25, 0.3) is 0 Å². The Morgan fingerprint density at radius 3 is 2.61 bits per heavy atom. The second-order valence-electron chi connectivity index (χ2n) is 7.18. The third-order valence-electron chi connectivity index (χ3n) is 5.60. The lowest BCUT2D eigenvalue weighted by molar-refractivity contribution is 0.438. The monoisotopic (exact) mass is 391 g/mol. The molecule has 0 bridgehead atoms. The van der Waals surface area contributed by atoms with Crippen LogP contribution in [0.3, 0.4) is 0 Å². The molecule has 0 amide bonds. The molecule has 0 saturated carbocycles. The highest BCUT2D eigenvalue weighted by molar-refractivity contribution is 7.90. The molecule has 1 aromatic heterocycles. The Hall–Kier alpha value is -2.70. The number of anilines is 1. The normalized spacial score (nSPS) is 17.6. The lowest BCUT2D eigenvalue weighted by Gasteiger charge is -2.30. The highest BCUT2D eigenvalue weighted by Crippen LogP contribution is 2.33. The first-order chi connectivity index (χ1) is 13.6. The van der Waals surface area contributed by atoms with Crippen molar-refractivity contribution >= 4 is 32.4 Å². The predicted octanol–water partition coefficient (Wildman–Crippen LogP) is 3.63. The van der Waals surface area contributed by atoms with Crippen LogP contribution in [0.1, 0.15) is 17.5 Å². The molecule has 0 unspecified atom stereocenters. The van der Waals surface area contributed by atoms with Gasteiger partial charge < -0.3 is 0 Å². The van der Waals surface area contributed by atoms with Crippen LogP contribution in [0.25, 0.3) is 16.3 Å². The summed E-state index contributed by atoms with van der Waals surface area (Å²) in [6, 6.07) is 18.4. The molecular weight excluding hydrogens is 370 g/mol. The van der Waals surface area contributed by atoms with Crippen LogP contribution in [0.5, 0.6) is 0 Å². The molecule has 0 N–H and O–H groups in total. The van der Waals surface area contributed by atoms with E-state index < -0.39 is 10.2 Å². The minimum absolute atomic E-state index is 0.388. The first-order valence-electron chi connectivity index (χ1n) is 9.53. The summed E-state index contributed by atoms with van der Waals surface area (Å²) in [7, 11) is -3.56. The quantitative estimate of drug-likeness (QED) is 0.685. The number of fused-ring (bicyclic) bond motifs is 2. The molecule has 2 aliphatic heterocycles. The maximum absolute atomic E-state index is 13.2. The van der Waals surface area contributed by atoms with Gasteiger partial charge in [-0.15, -0.1) is 0 Å². The van der Waals surface area contributed by atoms with Crippen LogP contribution in [0, 0.1) is 0 Å². The molecule has 0 spiro atoms. The molecule has 142 valence electrons. The Morgan fingerprint density at radius 2 is 1.75 bits per heavy atom. The van der Waals surface area contributed by atoms with Gasteiger partial charge >= 0.3 is 10.2 Å². The summed E-state index contributed by atoms with van der Waals surface area (Å²) >= 11 is 0. The second-order valence-corrected chi connectivity index (χ2v) is 9.03. The Balaban J connectivity index is 1.43. The Morgan fingerprint density at radius 1 is 0.893 bits per heavy atom. The van der Waals surface area contributed by atoms with Gasteiger partial charge in [0, 0.05) is 25.8 Å². The molecule has 0 aliphatic carbocycles. The molecule has 3 aromatic rings. The third-order valence-corrected chi connectivity index (χ3v) is 7.50. The van der Waals surface area contributed by atoms with Gasteiger partial charge in [-0.25, -0.2) is 9.29 Å². The summed E-state index contributed by atoms with van der Waals surface area (Å²) in [5.41, 5.74) is 3.40. The van der Waals surface area contributed by atoms with E-state index in [0.29, 0.717) is 38.3 Å². The summed E-state index contributed by atoms with van der Waals surface area (Å²) in [5.74, 6) is 0.575. The minimum Gasteiger partial charge on any atom is -0.240 e. The molecule has 28 heavy (non-hydrogen) atoms. The topological polar surface area (TPSA) is 53.5 Å². The predicted molar refractivity (Wildman–Crippen MR) is 112 cm³/mol. The molecule has 0 radical (unpaired) electrons. The van der Waals surface area contributed by atoms with E-state index in [1.807, 2.05) is 24.3 Å². The zero-order chi connectivity index (χ0) is 19.1. The smallest absolute Gasteiger partial charge is 0.240 e. The zero-order valence-corrected chi connectivity index (χ0v) is 16.3. The van der Waals surface area contributed by atoms with Gasteiger partial charge in [-0.2, -0.15) is 12.7 Å². The Labute approximate surface area is 165 Å². The third kappa shape index (κ3) is 2.80. The molecular formula is C22H21N3O2S. The van der Waals surface area contributed by atoms with Crippen molar-refractivity contribution in [2.24, 2.45) is 0 Å². The van der Waals surface area contributed by atoms with E-state index in [4.69, 9.17) is 0 Å². The fraction of sp³-hybridized carbons (Fsp3) is 0.227. The van der Waals surface area contributed by atoms with Crippen LogP contribution in [0.4, 0.5) is 5.82 Å². The van der Waals surface area contributed by atoms with Crippen molar-refractivity contribution in [3.63, 3.8) is 0 Å². The standard InChI is InChI=1S/C22H21N3O2S/c26-28(27,25-16-12-19-7-4-13-23-22(19)25)24-14-10-18(11-15-24)21-9-3-6-17-5-1-2-8-20(17)21/h1-10,13H,11-12,14-16H2. The molecule has 3 heterocycles. The summed E-state index contributed by atoms with van der Waals surface area (Å²) in [5, 5.41) is 2.42. The minimum atomic E-state index is -3.56. The van der Waals surface area contributed by atoms with Gasteiger partial charge in [0.1, 0.15) is 5.82 Å². The van der Waals surface area contributed by atoms with E-state index in [-0.39, 0.29) is 0 Å². The average molecular weight is 391 g/mol. The van der Waals surface area contributed by atoms with Crippen LogP contribution in [0.15, 0.2) is 66.9 Å². The summed E-state index contributed by atoms with van der Waals surface area (Å²) in [6.07, 6.45) is 5.13. The maximum Gasteiger partial charge on any atom is 0.305 e. The van der Waals surface area contributed by atoms with Gasteiger partial charge in [0.15, 0.2) is 0 Å². The van der Waals surface area contributed by atoms with Crippen molar-refractivity contribution in [3.05, 3.63) is 78.0 Å². The molecule has 0 atom stereocenters. The van der Waals surface area contributed by atoms with E-state index in [1.54, 1.807) is 10.5 Å². The molecule has 2 aliphatic rings. The number of benzene rings is 2. The van der Waals surface area contributed by atoms with Crippen molar-refractivity contribution < 1.29 is 8.42 Å². The van der Waals surface area contributed by atoms with E-state index in [9.17, 15) is 8.42 Å². The Kier molecular flexibility index (Phi) is 4.18. The van der Waals surface area contributed by atoms with Crippen molar-refractivity contribution in [2.45, 2.75) is 12.8 Å². The van der Waals surface area contributed by atoms with Gasteiger partial charge in [-0.05, 0) is 46.4 Å². The molecule has 5 nitrogen and oxygen atoms in total.